The van der Waals surface area contributed by atoms with Gasteiger partial charge in [0.15, 0.2) is 46.5 Å². The topological polar surface area (TPSA) is 132 Å². The van der Waals surface area contributed by atoms with E-state index in [4.69, 9.17) is 20.6 Å². The van der Waals surface area contributed by atoms with Gasteiger partial charge in [-0.15, -0.1) is 0 Å². The molecule has 0 saturated heterocycles. The molecule has 0 spiro atoms. The first-order chi connectivity index (χ1) is 60.6. The highest BCUT2D eigenvalue weighted by molar-refractivity contribution is 9.10. The Balaban J connectivity index is 0.000000154. The van der Waals surface area contributed by atoms with Gasteiger partial charge < -0.3 is 28.3 Å². The average molecular weight is 1720 g/mol. The van der Waals surface area contributed by atoms with Gasteiger partial charge in [0.2, 0.25) is 0 Å². The highest BCUT2D eigenvalue weighted by atomic mass is 79.9. The number of aryl methyl sites for hydroxylation is 6. The fourth-order valence-corrected chi connectivity index (χ4v) is 18.3. The van der Waals surface area contributed by atoms with Gasteiger partial charge in [-0.25, -0.2) is 35.1 Å². The molecule has 2 N–H and O–H groups in total. The van der Waals surface area contributed by atoms with Crippen molar-refractivity contribution >= 4 is 116 Å². The van der Waals surface area contributed by atoms with Crippen molar-refractivity contribution in [3.05, 3.63) is 409 Å². The molecule has 4 heterocycles. The number of nitrogens with zero attached hydrogens (tertiary/aromatic N) is 7. The van der Waals surface area contributed by atoms with Gasteiger partial charge in [0, 0.05) is 48.7 Å². The molecule has 0 amide bonds. The average Bonchev–Trinajstić information content (AvgIpc) is 1.57. The number of halogens is 9. The molecular weight excluding hydrogens is 1650 g/mol. The molecule has 16 aromatic carbocycles. The molecule has 0 saturated carbocycles. The Labute approximate surface area is 722 Å². The molecule has 0 aliphatic heterocycles. The van der Waals surface area contributed by atoms with Crippen molar-refractivity contribution in [1.82, 2.24) is 18.3 Å². The number of hydrogen-bond donors (Lipinski definition) is 2. The van der Waals surface area contributed by atoms with E-state index in [9.17, 15) is 40.4 Å². The summed E-state index contributed by atoms with van der Waals surface area (Å²) in [4.78, 5) is 0. The lowest BCUT2D eigenvalue weighted by Crippen LogP contribution is -2.34. The van der Waals surface area contributed by atoms with Crippen molar-refractivity contribution in [2.24, 2.45) is 0 Å². The molecule has 1 aliphatic carbocycles. The van der Waals surface area contributed by atoms with Crippen LogP contribution in [-0.2, 0) is 6.42 Å². The van der Waals surface area contributed by atoms with Gasteiger partial charge in [0.1, 0.15) is 34.9 Å². The molecule has 9 nitrogen and oxygen atoms in total. The fraction of sp³-hybridized carbons (Fsp3) is 0.0660. The van der Waals surface area contributed by atoms with Crippen LogP contribution in [0.15, 0.2) is 302 Å². The summed E-state index contributed by atoms with van der Waals surface area (Å²) in [5, 5.41) is 56.3. The summed E-state index contributed by atoms with van der Waals surface area (Å²) in [5.41, 5.74) is 22.8. The molecule has 0 radical (unpaired) electrons. The Morgan fingerprint density at radius 3 is 0.760 bits per heavy atom. The van der Waals surface area contributed by atoms with Gasteiger partial charge in [-0.05, 0) is 174 Å². The van der Waals surface area contributed by atoms with Crippen LogP contribution in [0.1, 0.15) is 61.2 Å². The van der Waals surface area contributed by atoms with Gasteiger partial charge in [-0.3, -0.25) is 0 Å². The van der Waals surface area contributed by atoms with E-state index < -0.39 is 74.8 Å². The summed E-state index contributed by atoms with van der Waals surface area (Å²) in [6, 6.07) is 109. The molecule has 4 aromatic heterocycles. The maximum atomic E-state index is 14.0. The first-order valence-electron chi connectivity index (χ1n) is 40.1. The Hall–Kier alpha value is -14.9. The van der Waals surface area contributed by atoms with E-state index in [0.29, 0.717) is 22.2 Å². The summed E-state index contributed by atoms with van der Waals surface area (Å²) in [6.07, 6.45) is 1.10. The predicted molar refractivity (Wildman–Crippen MR) is 488 cm³/mol. The van der Waals surface area contributed by atoms with Crippen molar-refractivity contribution in [2.75, 3.05) is 0 Å². The van der Waals surface area contributed by atoms with Crippen LogP contribution in [0.4, 0.5) is 35.1 Å². The predicted octanol–water partition coefficient (Wildman–Crippen LogP) is 26.7. The van der Waals surface area contributed by atoms with E-state index in [1.165, 1.54) is 22.3 Å². The lowest BCUT2D eigenvalue weighted by Gasteiger charge is -2.30. The van der Waals surface area contributed by atoms with Gasteiger partial charge in [0.05, 0.1) is 76.9 Å². The third-order valence-electron chi connectivity index (χ3n) is 23.4. The Bertz CT molecular complexity index is 7330. The summed E-state index contributed by atoms with van der Waals surface area (Å²) in [6.45, 7) is 11.4. The number of rotatable bonds is 7. The number of fused-ring (bicyclic) bond motifs is 15. The number of para-hydroxylation sites is 8. The molecule has 608 valence electrons. The van der Waals surface area contributed by atoms with Gasteiger partial charge in [0.25, 0.3) is 0 Å². The number of nitriles is 3. The third-order valence-corrected chi connectivity index (χ3v) is 24.1. The van der Waals surface area contributed by atoms with E-state index in [2.05, 4.69) is 315 Å². The van der Waals surface area contributed by atoms with Gasteiger partial charge in [-0.2, -0.15) is 15.8 Å². The quantitative estimate of drug-likeness (QED) is 0.0710. The minimum Gasteiger partial charge on any atom is -0.423 e. The maximum Gasteiger partial charge on any atom is 0.488 e. The van der Waals surface area contributed by atoms with Crippen molar-refractivity contribution < 1.29 is 45.2 Å². The van der Waals surface area contributed by atoms with Gasteiger partial charge in [-0.1, -0.05) is 260 Å². The fourth-order valence-electron chi connectivity index (χ4n) is 17.9. The van der Waals surface area contributed by atoms with Crippen molar-refractivity contribution in [2.45, 2.75) is 48.0 Å². The zero-order valence-corrected chi connectivity index (χ0v) is 69.6. The van der Waals surface area contributed by atoms with Crippen LogP contribution in [0.5, 0.6) is 0 Å². The summed E-state index contributed by atoms with van der Waals surface area (Å²) in [7, 11) is -1.35. The van der Waals surface area contributed by atoms with Crippen LogP contribution < -0.4 is 5.46 Å². The molecule has 21 rings (SSSR count). The van der Waals surface area contributed by atoms with E-state index in [-0.39, 0.29) is 5.56 Å². The highest BCUT2D eigenvalue weighted by Crippen LogP contribution is 2.53. The van der Waals surface area contributed by atoms with Crippen LogP contribution in [0.3, 0.4) is 0 Å². The molecule has 0 fully saturated rings. The standard InChI is InChI=1S/C63H41N5.C15H9F4N.C13H10.C8H11BO2.C7BrF4N/c1-39-20-19-21-40(2)58(39)59-62(67-54-34-15-7-26-45(54)46-27-8-16-35-55(46)67)60(65-50-30-11-3-22-41(50)42-23-4-12-31-51(42)65)49(38-64)61(66-52-32-13-5-24-43(52)44-25-6-14-33-53(44)66)63(59)68-56-36-17-9-28-47(56)48-29-10-18-37-57(48)68;1-7-4-3-5-8(2)10(7)11-14(18)12(16)9(6-20)13(17)15(11)19;1-3-7-12-10(5-1)9-11-6-2-4-8-13(11)12;1-6-4-3-5-7(2)8(6)9(10)11;8-3-6(11)4(9)2(1-13)5(10)7(3)12/h3-37H,1-2H3;3-5H,1-2H3;1-8H,9H2;3-5,10-11H,1-2H3;. The molecule has 20 aromatic rings. The number of hydrogen-bond acceptors (Lipinski definition) is 5. The lowest BCUT2D eigenvalue weighted by molar-refractivity contribution is 0.425. The monoisotopic (exact) mass is 1720 g/mol. The molecule has 125 heavy (non-hydrogen) atoms. The minimum absolute atomic E-state index is 0.0878. The Morgan fingerprint density at radius 2 is 0.496 bits per heavy atom. The molecule has 0 atom stereocenters. The SMILES string of the molecule is Cc1cccc(C)c1-c1c(-n2c3ccccc3c3ccccc32)c(-n2c3ccccc3c3ccccc32)c(C#N)c(-n2c3ccccc3c3ccccc32)c1-n1c2ccccc2c2ccccc21.Cc1cccc(C)c1-c1c(F)c(F)c(C#N)c(F)c1F.Cc1cccc(C)c1B(O)O.N#Cc1c(F)c(F)c(Br)c(F)c1F.c1ccc2c(c1)Cc1ccccc1-2. The second-order valence-electron chi connectivity index (χ2n) is 30.6. The molecule has 0 bridgehead atoms. The summed E-state index contributed by atoms with van der Waals surface area (Å²) < 4.78 is 115. The van der Waals surface area contributed by atoms with E-state index in [0.717, 1.165) is 162 Å². The maximum absolute atomic E-state index is 14.0. The first kappa shape index (κ1) is 82.4. The van der Waals surface area contributed by atoms with Crippen LogP contribution in [-0.4, -0.2) is 35.4 Å². The second kappa shape index (κ2) is 33.8. The normalized spacial score (nSPS) is 11.3. The Morgan fingerprint density at radius 1 is 0.264 bits per heavy atom. The first-order valence-corrected chi connectivity index (χ1v) is 40.9. The molecule has 1 aliphatic rings. The summed E-state index contributed by atoms with van der Waals surface area (Å²) >= 11 is 2.30. The van der Waals surface area contributed by atoms with Crippen LogP contribution in [0.25, 0.3) is 143 Å². The van der Waals surface area contributed by atoms with Crippen LogP contribution in [0, 0.1) is 122 Å². The molecule has 19 heteroatoms. The minimum atomic E-state index is -1.70. The van der Waals surface area contributed by atoms with E-state index >= 15 is 0 Å². The summed E-state index contributed by atoms with van der Waals surface area (Å²) in [5.74, 6) is -13.1. The van der Waals surface area contributed by atoms with E-state index in [1.54, 1.807) is 32.0 Å². The zero-order chi connectivity index (χ0) is 87.5. The third kappa shape index (κ3) is 14.0. The van der Waals surface area contributed by atoms with Crippen LogP contribution >= 0.6 is 15.9 Å². The number of aromatic nitrogens is 4. The molecule has 0 unspecified atom stereocenters. The van der Waals surface area contributed by atoms with Crippen molar-refractivity contribution in [3.8, 4) is 74.3 Å². The zero-order valence-electron chi connectivity index (χ0n) is 68.0. The van der Waals surface area contributed by atoms with Gasteiger partial charge >= 0.3 is 7.12 Å². The number of benzene rings is 16. The largest absolute Gasteiger partial charge is 0.488 e. The van der Waals surface area contributed by atoms with Crippen LogP contribution in [0.2, 0.25) is 0 Å². The van der Waals surface area contributed by atoms with Crippen molar-refractivity contribution in [3.63, 3.8) is 0 Å². The molecular formula is C106H71BBrF8N7O2. The van der Waals surface area contributed by atoms with Crippen molar-refractivity contribution in [1.29, 1.82) is 15.8 Å². The second-order valence-corrected chi connectivity index (χ2v) is 31.4. The Kier molecular flexibility index (Phi) is 22.3. The smallest absolute Gasteiger partial charge is 0.423 e. The highest BCUT2D eigenvalue weighted by Gasteiger charge is 2.37. The van der Waals surface area contributed by atoms with E-state index in [1.807, 2.05) is 32.0 Å². The lowest BCUT2D eigenvalue weighted by atomic mass is 9.74.